The molecule has 4 rings (SSSR count). The summed E-state index contributed by atoms with van der Waals surface area (Å²) in [5.74, 6) is -0.504. The number of rotatable bonds is 5. The molecule has 2 aliphatic heterocycles. The molecule has 0 bridgehead atoms. The van der Waals surface area contributed by atoms with Crippen LogP contribution in [0.25, 0.3) is 0 Å². The molecular weight excluding hydrogens is 348 g/mol. The molecular formula is C19H22N4O4. The summed E-state index contributed by atoms with van der Waals surface area (Å²) in [6.07, 6.45) is 2.88. The number of imide groups is 1. The van der Waals surface area contributed by atoms with Gasteiger partial charge in [0.2, 0.25) is 5.91 Å². The number of hydrogen-bond donors (Lipinski definition) is 2. The summed E-state index contributed by atoms with van der Waals surface area (Å²) in [5.41, 5.74) is 1.16. The van der Waals surface area contributed by atoms with E-state index < -0.39 is 6.03 Å². The fraction of sp³-hybridized carbons (Fsp3) is 0.474. The summed E-state index contributed by atoms with van der Waals surface area (Å²) in [4.78, 5) is 52.0. The fourth-order valence-corrected chi connectivity index (χ4v) is 3.71. The van der Waals surface area contributed by atoms with Gasteiger partial charge in [-0.1, -0.05) is 6.92 Å². The van der Waals surface area contributed by atoms with E-state index in [1.165, 1.54) is 4.90 Å². The average Bonchev–Trinajstić information content (AvgIpc) is 3.35. The molecule has 1 aromatic carbocycles. The molecule has 142 valence electrons. The number of nitrogens with zero attached hydrogens (tertiary/aromatic N) is 2. The molecule has 0 radical (unpaired) electrons. The number of fused-ring (bicyclic) bond motifs is 1. The van der Waals surface area contributed by atoms with E-state index >= 15 is 0 Å². The highest BCUT2D eigenvalue weighted by atomic mass is 16.2. The zero-order chi connectivity index (χ0) is 19.1. The Morgan fingerprint density at radius 3 is 2.59 bits per heavy atom. The van der Waals surface area contributed by atoms with Crippen LogP contribution >= 0.6 is 0 Å². The smallest absolute Gasteiger partial charge is 0.319 e. The predicted molar refractivity (Wildman–Crippen MR) is 97.4 cm³/mol. The topological polar surface area (TPSA) is 98.8 Å². The van der Waals surface area contributed by atoms with Gasteiger partial charge >= 0.3 is 6.03 Å². The number of likely N-dealkylation sites (tertiary alicyclic amines) is 1. The van der Waals surface area contributed by atoms with Gasteiger partial charge in [-0.15, -0.1) is 0 Å². The van der Waals surface area contributed by atoms with Crippen LogP contribution < -0.4 is 10.6 Å². The van der Waals surface area contributed by atoms with Crippen LogP contribution in [-0.4, -0.2) is 58.7 Å². The van der Waals surface area contributed by atoms with Crippen molar-refractivity contribution in [1.29, 1.82) is 0 Å². The molecule has 2 heterocycles. The Morgan fingerprint density at radius 2 is 1.89 bits per heavy atom. The van der Waals surface area contributed by atoms with Gasteiger partial charge in [0, 0.05) is 31.2 Å². The molecule has 1 saturated heterocycles. The predicted octanol–water partition coefficient (Wildman–Crippen LogP) is 1.58. The molecule has 8 nitrogen and oxygen atoms in total. The first-order valence-electron chi connectivity index (χ1n) is 9.35. The average molecular weight is 370 g/mol. The van der Waals surface area contributed by atoms with E-state index in [9.17, 15) is 19.2 Å². The van der Waals surface area contributed by atoms with Crippen molar-refractivity contribution in [1.82, 2.24) is 15.1 Å². The van der Waals surface area contributed by atoms with Gasteiger partial charge in [-0.3, -0.25) is 19.3 Å². The van der Waals surface area contributed by atoms with Gasteiger partial charge in [0.1, 0.15) is 0 Å². The van der Waals surface area contributed by atoms with E-state index in [4.69, 9.17) is 0 Å². The SMILES string of the molecule is CCCN1CC(NC(=O)Nc2ccc3c(c2)C(=O)N(C2CC2)C3=O)CC1=O. The normalized spacial score (nSPS) is 21.7. The molecule has 1 atom stereocenters. The van der Waals surface area contributed by atoms with E-state index in [0.717, 1.165) is 19.3 Å². The number of anilines is 1. The van der Waals surface area contributed by atoms with Crippen LogP contribution in [0.5, 0.6) is 0 Å². The first-order chi connectivity index (χ1) is 13.0. The van der Waals surface area contributed by atoms with Gasteiger partial charge < -0.3 is 15.5 Å². The molecule has 8 heteroatoms. The Morgan fingerprint density at radius 1 is 1.15 bits per heavy atom. The van der Waals surface area contributed by atoms with E-state index in [1.54, 1.807) is 23.1 Å². The lowest BCUT2D eigenvalue weighted by Gasteiger charge is -2.16. The van der Waals surface area contributed by atoms with Crippen molar-refractivity contribution >= 4 is 29.4 Å². The zero-order valence-corrected chi connectivity index (χ0v) is 15.2. The molecule has 1 aliphatic carbocycles. The molecule has 0 aromatic heterocycles. The lowest BCUT2D eigenvalue weighted by molar-refractivity contribution is -0.127. The summed E-state index contributed by atoms with van der Waals surface area (Å²) in [6, 6.07) is 4.09. The maximum Gasteiger partial charge on any atom is 0.319 e. The molecule has 1 unspecified atom stereocenters. The maximum atomic E-state index is 12.5. The van der Waals surface area contributed by atoms with Crippen LogP contribution in [0, 0.1) is 0 Å². The van der Waals surface area contributed by atoms with Gasteiger partial charge in [-0.2, -0.15) is 0 Å². The Kier molecular flexibility index (Phi) is 4.33. The van der Waals surface area contributed by atoms with E-state index in [2.05, 4.69) is 10.6 Å². The lowest BCUT2D eigenvalue weighted by Crippen LogP contribution is -2.39. The second-order valence-electron chi connectivity index (χ2n) is 7.31. The first-order valence-corrected chi connectivity index (χ1v) is 9.35. The molecule has 3 aliphatic rings. The number of carbonyl (C=O) groups excluding carboxylic acids is 4. The van der Waals surface area contributed by atoms with Crippen molar-refractivity contribution in [3.63, 3.8) is 0 Å². The molecule has 2 fully saturated rings. The van der Waals surface area contributed by atoms with Gasteiger partial charge in [0.15, 0.2) is 0 Å². The van der Waals surface area contributed by atoms with Crippen LogP contribution in [0.2, 0.25) is 0 Å². The van der Waals surface area contributed by atoms with E-state index in [1.807, 2.05) is 6.92 Å². The Hall–Kier alpha value is -2.90. The Labute approximate surface area is 156 Å². The van der Waals surface area contributed by atoms with Crippen LogP contribution in [0.1, 0.15) is 53.3 Å². The number of benzene rings is 1. The Balaban J connectivity index is 1.40. The maximum absolute atomic E-state index is 12.5. The van der Waals surface area contributed by atoms with Gasteiger partial charge in [0.25, 0.3) is 11.8 Å². The highest BCUT2D eigenvalue weighted by Crippen LogP contribution is 2.35. The van der Waals surface area contributed by atoms with Crippen LogP contribution in [0.3, 0.4) is 0 Å². The van der Waals surface area contributed by atoms with Crippen molar-refractivity contribution in [2.45, 2.75) is 44.7 Å². The van der Waals surface area contributed by atoms with Gasteiger partial charge in [-0.25, -0.2) is 4.79 Å². The van der Waals surface area contributed by atoms with Crippen molar-refractivity contribution < 1.29 is 19.2 Å². The third-order valence-corrected chi connectivity index (χ3v) is 5.13. The number of carbonyl (C=O) groups is 4. The van der Waals surface area contributed by atoms with Crippen LogP contribution in [0.4, 0.5) is 10.5 Å². The third-order valence-electron chi connectivity index (χ3n) is 5.13. The summed E-state index contributed by atoms with van der Waals surface area (Å²) in [6.45, 7) is 3.20. The number of nitrogens with one attached hydrogen (secondary N) is 2. The van der Waals surface area contributed by atoms with Crippen molar-refractivity contribution in [2.24, 2.45) is 0 Å². The summed E-state index contributed by atoms with van der Waals surface area (Å²) >= 11 is 0. The molecule has 5 amide bonds. The second kappa shape index (κ2) is 6.68. The molecule has 1 aromatic rings. The van der Waals surface area contributed by atoms with E-state index in [-0.39, 0.29) is 29.8 Å². The summed E-state index contributed by atoms with van der Waals surface area (Å²) in [7, 11) is 0. The largest absolute Gasteiger partial charge is 0.341 e. The minimum absolute atomic E-state index is 0.0167. The van der Waals surface area contributed by atoms with Crippen LogP contribution in [-0.2, 0) is 4.79 Å². The third kappa shape index (κ3) is 3.27. The van der Waals surface area contributed by atoms with Crippen molar-refractivity contribution in [3.8, 4) is 0 Å². The molecule has 0 spiro atoms. The Bertz CT molecular complexity index is 833. The summed E-state index contributed by atoms with van der Waals surface area (Å²) < 4.78 is 0. The van der Waals surface area contributed by atoms with Gasteiger partial charge in [0.05, 0.1) is 17.2 Å². The monoisotopic (exact) mass is 370 g/mol. The van der Waals surface area contributed by atoms with Crippen molar-refractivity contribution in [3.05, 3.63) is 29.3 Å². The van der Waals surface area contributed by atoms with Crippen LogP contribution in [0.15, 0.2) is 18.2 Å². The molecule has 27 heavy (non-hydrogen) atoms. The fourth-order valence-electron chi connectivity index (χ4n) is 3.71. The molecule has 2 N–H and O–H groups in total. The van der Waals surface area contributed by atoms with E-state index in [0.29, 0.717) is 36.3 Å². The standard InChI is InChI=1S/C19H22N4O4/c1-2-7-22-10-12(9-16(22)24)21-19(27)20-11-3-6-14-15(8-11)18(26)23(17(14)25)13-4-5-13/h3,6,8,12-13H,2,4-5,7,9-10H2,1H3,(H2,20,21,27). The summed E-state index contributed by atoms with van der Waals surface area (Å²) in [5, 5.41) is 5.49. The van der Waals surface area contributed by atoms with Crippen molar-refractivity contribution in [2.75, 3.05) is 18.4 Å². The highest BCUT2D eigenvalue weighted by molar-refractivity contribution is 6.22. The second-order valence-corrected chi connectivity index (χ2v) is 7.31. The number of amides is 5. The first kappa shape index (κ1) is 17.5. The molecule has 1 saturated carbocycles. The number of urea groups is 1. The quantitative estimate of drug-likeness (QED) is 0.769. The lowest BCUT2D eigenvalue weighted by atomic mass is 10.1. The zero-order valence-electron chi connectivity index (χ0n) is 15.2. The van der Waals surface area contributed by atoms with Gasteiger partial charge in [-0.05, 0) is 37.5 Å². The number of hydrogen-bond acceptors (Lipinski definition) is 4. The minimum atomic E-state index is -0.429. The minimum Gasteiger partial charge on any atom is -0.341 e. The highest BCUT2D eigenvalue weighted by Gasteiger charge is 2.44.